The third-order valence-electron chi connectivity index (χ3n) is 2.82. The standard InChI is InChI=1S/C13H20ClN/c1-4-5-6-13(15)11-7-10(3)12(14)8-9(11)2/h7-8,13H,4-6,15H2,1-3H3. The van der Waals surface area contributed by atoms with Gasteiger partial charge in [-0.3, -0.25) is 0 Å². The molecule has 1 nitrogen and oxygen atoms in total. The lowest BCUT2D eigenvalue weighted by atomic mass is 9.96. The maximum Gasteiger partial charge on any atom is 0.0438 e. The Morgan fingerprint density at radius 1 is 1.27 bits per heavy atom. The molecule has 2 N–H and O–H groups in total. The van der Waals surface area contributed by atoms with Gasteiger partial charge in [-0.25, -0.2) is 0 Å². The lowest BCUT2D eigenvalue weighted by molar-refractivity contribution is 0.601. The summed E-state index contributed by atoms with van der Waals surface area (Å²) >= 11 is 6.05. The van der Waals surface area contributed by atoms with E-state index < -0.39 is 0 Å². The van der Waals surface area contributed by atoms with Crippen LogP contribution in [0.25, 0.3) is 0 Å². The van der Waals surface area contributed by atoms with Gasteiger partial charge in [-0.05, 0) is 43.0 Å². The molecule has 1 rings (SSSR count). The largest absolute Gasteiger partial charge is 0.324 e. The van der Waals surface area contributed by atoms with E-state index in [1.807, 2.05) is 13.0 Å². The number of hydrogen-bond acceptors (Lipinski definition) is 1. The highest BCUT2D eigenvalue weighted by Gasteiger charge is 2.10. The van der Waals surface area contributed by atoms with E-state index >= 15 is 0 Å². The van der Waals surface area contributed by atoms with Gasteiger partial charge in [-0.1, -0.05) is 37.4 Å². The van der Waals surface area contributed by atoms with E-state index in [1.165, 1.54) is 24.0 Å². The minimum absolute atomic E-state index is 0.154. The van der Waals surface area contributed by atoms with E-state index in [0.29, 0.717) is 0 Å². The molecule has 2 heteroatoms. The Labute approximate surface area is 97.6 Å². The number of benzene rings is 1. The van der Waals surface area contributed by atoms with Crippen LogP contribution in [0.2, 0.25) is 5.02 Å². The molecule has 15 heavy (non-hydrogen) atoms. The molecule has 0 radical (unpaired) electrons. The highest BCUT2D eigenvalue weighted by Crippen LogP contribution is 2.26. The first-order chi connectivity index (χ1) is 7.06. The van der Waals surface area contributed by atoms with Gasteiger partial charge < -0.3 is 5.73 Å². The highest BCUT2D eigenvalue weighted by atomic mass is 35.5. The van der Waals surface area contributed by atoms with Gasteiger partial charge in [-0.15, -0.1) is 0 Å². The minimum Gasteiger partial charge on any atom is -0.324 e. The van der Waals surface area contributed by atoms with Crippen molar-refractivity contribution in [3.8, 4) is 0 Å². The third-order valence-corrected chi connectivity index (χ3v) is 3.22. The molecule has 0 aliphatic heterocycles. The summed E-state index contributed by atoms with van der Waals surface area (Å²) in [6, 6.07) is 4.29. The van der Waals surface area contributed by atoms with Crippen LogP contribution >= 0.6 is 11.6 Å². The van der Waals surface area contributed by atoms with Gasteiger partial charge in [0.25, 0.3) is 0 Å². The van der Waals surface area contributed by atoms with Crippen molar-refractivity contribution >= 4 is 11.6 Å². The molecule has 0 fully saturated rings. The van der Waals surface area contributed by atoms with Crippen LogP contribution in [0.1, 0.15) is 48.9 Å². The Morgan fingerprint density at radius 2 is 1.93 bits per heavy atom. The lowest BCUT2D eigenvalue weighted by Gasteiger charge is -2.16. The van der Waals surface area contributed by atoms with E-state index in [1.54, 1.807) is 0 Å². The van der Waals surface area contributed by atoms with E-state index in [0.717, 1.165) is 17.0 Å². The molecule has 0 amide bonds. The fraction of sp³-hybridized carbons (Fsp3) is 0.538. The first-order valence-corrected chi connectivity index (χ1v) is 5.96. The van der Waals surface area contributed by atoms with Crippen LogP contribution in [0.3, 0.4) is 0 Å². The minimum atomic E-state index is 0.154. The van der Waals surface area contributed by atoms with Crippen molar-refractivity contribution in [2.45, 2.75) is 46.1 Å². The molecular formula is C13H20ClN. The predicted molar refractivity (Wildman–Crippen MR) is 67.4 cm³/mol. The molecule has 0 saturated carbocycles. The zero-order valence-electron chi connectivity index (χ0n) is 9.81. The van der Waals surface area contributed by atoms with E-state index in [4.69, 9.17) is 17.3 Å². The second-order valence-electron chi connectivity index (χ2n) is 4.21. The SMILES string of the molecule is CCCCC(N)c1cc(C)c(Cl)cc1C. The van der Waals surface area contributed by atoms with Crippen LogP contribution in [0.5, 0.6) is 0 Å². The molecule has 0 saturated heterocycles. The van der Waals surface area contributed by atoms with Crippen molar-refractivity contribution in [3.05, 3.63) is 33.8 Å². The topological polar surface area (TPSA) is 26.0 Å². The van der Waals surface area contributed by atoms with Gasteiger partial charge >= 0.3 is 0 Å². The summed E-state index contributed by atoms with van der Waals surface area (Å²) in [6.07, 6.45) is 3.43. The summed E-state index contributed by atoms with van der Waals surface area (Å²) in [7, 11) is 0. The first-order valence-electron chi connectivity index (χ1n) is 5.58. The van der Waals surface area contributed by atoms with Crippen LogP contribution in [-0.2, 0) is 0 Å². The van der Waals surface area contributed by atoms with Gasteiger partial charge in [0.15, 0.2) is 0 Å². The third kappa shape index (κ3) is 3.22. The van der Waals surface area contributed by atoms with Gasteiger partial charge in [0.05, 0.1) is 0 Å². The number of hydrogen-bond donors (Lipinski definition) is 1. The molecular weight excluding hydrogens is 206 g/mol. The van der Waals surface area contributed by atoms with Crippen LogP contribution in [0.15, 0.2) is 12.1 Å². The molecule has 0 aliphatic rings. The Kier molecular flexibility index (Phi) is 4.62. The maximum absolute atomic E-state index is 6.16. The fourth-order valence-electron chi connectivity index (χ4n) is 1.78. The Hall–Kier alpha value is -0.530. The molecule has 84 valence electrons. The van der Waals surface area contributed by atoms with E-state index in [9.17, 15) is 0 Å². The van der Waals surface area contributed by atoms with E-state index in [-0.39, 0.29) is 6.04 Å². The van der Waals surface area contributed by atoms with Crippen LogP contribution in [0, 0.1) is 13.8 Å². The van der Waals surface area contributed by atoms with Gasteiger partial charge in [0, 0.05) is 11.1 Å². The molecule has 1 aromatic rings. The normalized spacial score (nSPS) is 12.9. The monoisotopic (exact) mass is 225 g/mol. The number of unbranched alkanes of at least 4 members (excludes halogenated alkanes) is 1. The average Bonchev–Trinajstić information content (AvgIpc) is 2.20. The number of nitrogens with two attached hydrogens (primary N) is 1. The molecule has 0 bridgehead atoms. The Balaban J connectivity index is 2.88. The summed E-state index contributed by atoms with van der Waals surface area (Å²) < 4.78 is 0. The van der Waals surface area contributed by atoms with Crippen molar-refractivity contribution in [2.75, 3.05) is 0 Å². The second-order valence-corrected chi connectivity index (χ2v) is 4.61. The molecule has 0 aromatic heterocycles. The molecule has 0 spiro atoms. The molecule has 1 aromatic carbocycles. The Morgan fingerprint density at radius 3 is 2.53 bits per heavy atom. The van der Waals surface area contributed by atoms with Crippen LogP contribution in [-0.4, -0.2) is 0 Å². The van der Waals surface area contributed by atoms with Gasteiger partial charge in [0.1, 0.15) is 0 Å². The smallest absolute Gasteiger partial charge is 0.0438 e. The van der Waals surface area contributed by atoms with Crippen molar-refractivity contribution in [1.29, 1.82) is 0 Å². The zero-order chi connectivity index (χ0) is 11.4. The maximum atomic E-state index is 6.16. The number of halogens is 1. The van der Waals surface area contributed by atoms with Crippen LogP contribution in [0.4, 0.5) is 0 Å². The molecule has 0 heterocycles. The summed E-state index contributed by atoms with van der Waals surface area (Å²) in [4.78, 5) is 0. The first kappa shape index (κ1) is 12.5. The van der Waals surface area contributed by atoms with Crippen molar-refractivity contribution in [2.24, 2.45) is 5.73 Å². The quantitative estimate of drug-likeness (QED) is 0.819. The van der Waals surface area contributed by atoms with E-state index in [2.05, 4.69) is 19.9 Å². The number of rotatable bonds is 4. The highest BCUT2D eigenvalue weighted by molar-refractivity contribution is 6.31. The molecule has 1 atom stereocenters. The molecule has 0 aliphatic carbocycles. The lowest BCUT2D eigenvalue weighted by Crippen LogP contribution is -2.11. The molecule has 1 unspecified atom stereocenters. The van der Waals surface area contributed by atoms with Gasteiger partial charge in [0.2, 0.25) is 0 Å². The Bertz CT molecular complexity index is 334. The average molecular weight is 226 g/mol. The second kappa shape index (κ2) is 5.53. The fourth-order valence-corrected chi connectivity index (χ4v) is 2.00. The summed E-state index contributed by atoms with van der Waals surface area (Å²) in [5.41, 5.74) is 9.72. The summed E-state index contributed by atoms with van der Waals surface area (Å²) in [5, 5.41) is 0.832. The van der Waals surface area contributed by atoms with Crippen LogP contribution < -0.4 is 5.73 Å². The van der Waals surface area contributed by atoms with Crippen molar-refractivity contribution in [1.82, 2.24) is 0 Å². The van der Waals surface area contributed by atoms with Crippen molar-refractivity contribution in [3.63, 3.8) is 0 Å². The predicted octanol–water partition coefficient (Wildman–Crippen LogP) is 4.15. The van der Waals surface area contributed by atoms with Gasteiger partial charge in [-0.2, -0.15) is 0 Å². The van der Waals surface area contributed by atoms with Crippen molar-refractivity contribution < 1.29 is 0 Å². The summed E-state index contributed by atoms with van der Waals surface area (Å²) in [6.45, 7) is 6.29. The summed E-state index contributed by atoms with van der Waals surface area (Å²) in [5.74, 6) is 0. The zero-order valence-corrected chi connectivity index (χ0v) is 10.6. The number of aryl methyl sites for hydroxylation is 2.